The Balaban J connectivity index is 1.88. The number of aliphatic hydroxyl groups is 1. The molecule has 0 aromatic carbocycles. The molecule has 31 heavy (non-hydrogen) atoms. The first kappa shape index (κ1) is 22.7. The number of allylic oxidation sites excluding steroid dienone is 1. The van der Waals surface area contributed by atoms with Gasteiger partial charge in [-0.3, -0.25) is 14.4 Å². The highest BCUT2D eigenvalue weighted by molar-refractivity contribution is 6.30. The summed E-state index contributed by atoms with van der Waals surface area (Å²) in [6, 6.07) is -0.602. The van der Waals surface area contributed by atoms with Gasteiger partial charge in [0.1, 0.15) is 0 Å². The molecule has 1 N–H and O–H groups in total. The van der Waals surface area contributed by atoms with Crippen LogP contribution in [0.3, 0.4) is 0 Å². The Morgan fingerprint density at radius 3 is 2.39 bits per heavy atom. The fourth-order valence-corrected chi connectivity index (χ4v) is 7.89. The van der Waals surface area contributed by atoms with E-state index in [0.29, 0.717) is 11.8 Å². The first-order chi connectivity index (χ1) is 14.4. The molecule has 1 spiro atoms. The summed E-state index contributed by atoms with van der Waals surface area (Å²) in [6.45, 7) is 11.9. The maximum atomic E-state index is 14.4. The summed E-state index contributed by atoms with van der Waals surface area (Å²) in [5.41, 5.74) is -3.06. The van der Waals surface area contributed by atoms with Gasteiger partial charge in [0.05, 0.1) is 11.6 Å². The van der Waals surface area contributed by atoms with Crippen LogP contribution in [0.15, 0.2) is 12.2 Å². The van der Waals surface area contributed by atoms with E-state index >= 15 is 0 Å². The number of hydrogen-bond acceptors (Lipinski definition) is 4. The zero-order valence-electron chi connectivity index (χ0n) is 20.1. The number of likely N-dealkylation sites (tertiary alicyclic amines) is 1. The van der Waals surface area contributed by atoms with Crippen LogP contribution < -0.4 is 0 Å². The van der Waals surface area contributed by atoms with Gasteiger partial charge >= 0.3 is 0 Å². The van der Waals surface area contributed by atoms with Crippen molar-refractivity contribution in [3.8, 4) is 0 Å². The summed E-state index contributed by atoms with van der Waals surface area (Å²) >= 11 is 0. The molecule has 0 bridgehead atoms. The second kappa shape index (κ2) is 7.26. The van der Waals surface area contributed by atoms with Crippen LogP contribution in [0.25, 0.3) is 0 Å². The number of hydrogen-bond donors (Lipinski definition) is 1. The van der Waals surface area contributed by atoms with E-state index < -0.39 is 34.8 Å². The fourth-order valence-electron chi connectivity index (χ4n) is 7.89. The summed E-state index contributed by atoms with van der Waals surface area (Å²) in [4.78, 5) is 43.6. The number of amides is 1. The number of likely N-dealkylation sites (N-methyl/N-ethyl adjacent to an activating group) is 1. The topological polar surface area (TPSA) is 74.7 Å². The highest BCUT2D eigenvalue weighted by atomic mass is 16.3. The van der Waals surface area contributed by atoms with E-state index in [-0.39, 0.29) is 35.2 Å². The molecule has 3 fully saturated rings. The van der Waals surface area contributed by atoms with Crippen LogP contribution >= 0.6 is 0 Å². The van der Waals surface area contributed by atoms with Gasteiger partial charge in [0.25, 0.3) is 0 Å². The van der Waals surface area contributed by atoms with E-state index in [1.165, 1.54) is 4.90 Å². The fraction of sp³-hybridized carbons (Fsp3) is 0.808. The van der Waals surface area contributed by atoms with E-state index in [0.717, 1.165) is 19.3 Å². The van der Waals surface area contributed by atoms with Gasteiger partial charge in [-0.05, 0) is 49.4 Å². The molecule has 0 aromatic heterocycles. The molecule has 11 atom stereocenters. The quantitative estimate of drug-likeness (QED) is 0.539. The third-order valence-electron chi connectivity index (χ3n) is 9.77. The van der Waals surface area contributed by atoms with Crippen molar-refractivity contribution >= 4 is 17.5 Å². The smallest absolute Gasteiger partial charge is 0.244 e. The van der Waals surface area contributed by atoms with Gasteiger partial charge in [0.2, 0.25) is 5.91 Å². The summed E-state index contributed by atoms with van der Waals surface area (Å²) in [5.74, 6) is -1.30. The lowest BCUT2D eigenvalue weighted by Crippen LogP contribution is -2.68. The normalized spacial score (nSPS) is 50.6. The number of rotatable bonds is 2. The maximum absolute atomic E-state index is 14.4. The third-order valence-corrected chi connectivity index (χ3v) is 9.77. The van der Waals surface area contributed by atoms with E-state index in [1.807, 2.05) is 19.9 Å². The largest absolute Gasteiger partial charge is 0.389 e. The monoisotopic (exact) mass is 429 g/mol. The van der Waals surface area contributed by atoms with Gasteiger partial charge in [0.15, 0.2) is 17.0 Å². The van der Waals surface area contributed by atoms with Gasteiger partial charge < -0.3 is 10.0 Å². The van der Waals surface area contributed by atoms with Crippen molar-refractivity contribution in [1.29, 1.82) is 0 Å². The molecule has 1 amide bonds. The molecular weight excluding hydrogens is 390 g/mol. The molecule has 5 nitrogen and oxygen atoms in total. The number of nitrogens with zero attached hydrogens (tertiary/aromatic N) is 1. The van der Waals surface area contributed by atoms with Crippen molar-refractivity contribution < 1.29 is 19.5 Å². The number of carbonyl (C=O) groups excluding carboxylic acids is 3. The second-order valence-electron chi connectivity index (χ2n) is 11.5. The molecule has 5 heteroatoms. The standard InChI is InChI=1S/C26H39NO4/c1-8-14(3)21-23(29)26(24(30)27(21)7)16(5)25(6,31)18-10-9-17-12-13(2)11-15(4)19(17)20(18)22(26)28/h9-10,13-21,31H,8,11-12H2,1-7H3. The Hall–Kier alpha value is -1.49. The number of Topliss-reactive ketones (excluding diaryl/α,β-unsaturated/α-hetero) is 2. The molecule has 1 saturated heterocycles. The molecule has 4 aliphatic rings. The maximum Gasteiger partial charge on any atom is 0.244 e. The van der Waals surface area contributed by atoms with Crippen molar-refractivity contribution in [1.82, 2.24) is 4.90 Å². The van der Waals surface area contributed by atoms with Crippen LogP contribution in [0.4, 0.5) is 0 Å². The lowest BCUT2D eigenvalue weighted by molar-refractivity contribution is -0.186. The Labute approximate surface area is 186 Å². The molecular formula is C26H39NO4. The Kier molecular flexibility index (Phi) is 5.32. The van der Waals surface area contributed by atoms with Crippen LogP contribution in [0.2, 0.25) is 0 Å². The highest BCUT2D eigenvalue weighted by Crippen LogP contribution is 2.60. The SMILES string of the molecule is CCC(C)C1C(=O)C2(C(=O)C3C4C(C)CC(C)CC4C=CC3C(C)(O)C2C)C(=O)N1C. The second-order valence-corrected chi connectivity index (χ2v) is 11.5. The van der Waals surface area contributed by atoms with Gasteiger partial charge in [-0.15, -0.1) is 0 Å². The Bertz CT molecular complexity index is 831. The van der Waals surface area contributed by atoms with Gasteiger partial charge in [0, 0.05) is 24.8 Å². The summed E-state index contributed by atoms with van der Waals surface area (Å²) in [5, 5.41) is 11.8. The molecule has 11 unspecified atom stereocenters. The van der Waals surface area contributed by atoms with Gasteiger partial charge in [-0.2, -0.15) is 0 Å². The first-order valence-electron chi connectivity index (χ1n) is 12.2. The lowest BCUT2D eigenvalue weighted by atomic mass is 9.45. The minimum atomic E-state index is -1.76. The van der Waals surface area contributed by atoms with Crippen molar-refractivity contribution in [2.24, 2.45) is 52.8 Å². The molecule has 0 aromatic rings. The van der Waals surface area contributed by atoms with Crippen LogP contribution in [0.5, 0.6) is 0 Å². The summed E-state index contributed by atoms with van der Waals surface area (Å²) in [6.07, 6.45) is 7.03. The molecule has 0 radical (unpaired) electrons. The average molecular weight is 430 g/mol. The molecule has 2 saturated carbocycles. The van der Waals surface area contributed by atoms with Crippen LogP contribution in [-0.2, 0) is 14.4 Å². The molecule has 1 aliphatic heterocycles. The third kappa shape index (κ3) is 2.74. The average Bonchev–Trinajstić information content (AvgIpc) is 2.90. The minimum absolute atomic E-state index is 0.0306. The van der Waals surface area contributed by atoms with Crippen molar-refractivity contribution in [3.63, 3.8) is 0 Å². The van der Waals surface area contributed by atoms with Crippen LogP contribution in [0.1, 0.15) is 60.8 Å². The molecule has 4 rings (SSSR count). The number of fused-ring (bicyclic) bond motifs is 3. The van der Waals surface area contributed by atoms with E-state index in [1.54, 1.807) is 20.9 Å². The zero-order chi connectivity index (χ0) is 23.0. The molecule has 3 aliphatic carbocycles. The van der Waals surface area contributed by atoms with Crippen molar-refractivity contribution in [2.45, 2.75) is 72.4 Å². The van der Waals surface area contributed by atoms with E-state index in [9.17, 15) is 19.5 Å². The van der Waals surface area contributed by atoms with Crippen LogP contribution in [-0.4, -0.2) is 46.2 Å². The first-order valence-corrected chi connectivity index (χ1v) is 12.2. The van der Waals surface area contributed by atoms with Crippen LogP contribution in [0, 0.1) is 52.8 Å². The summed E-state index contributed by atoms with van der Waals surface area (Å²) < 4.78 is 0. The zero-order valence-corrected chi connectivity index (χ0v) is 20.1. The Morgan fingerprint density at radius 1 is 1.13 bits per heavy atom. The van der Waals surface area contributed by atoms with E-state index in [2.05, 4.69) is 19.9 Å². The highest BCUT2D eigenvalue weighted by Gasteiger charge is 2.74. The van der Waals surface area contributed by atoms with Gasteiger partial charge in [-0.1, -0.05) is 53.2 Å². The van der Waals surface area contributed by atoms with Gasteiger partial charge in [-0.25, -0.2) is 0 Å². The molecule has 1 heterocycles. The predicted octanol–water partition coefficient (Wildman–Crippen LogP) is 3.50. The lowest BCUT2D eigenvalue weighted by Gasteiger charge is -2.57. The van der Waals surface area contributed by atoms with Crippen molar-refractivity contribution in [3.05, 3.63) is 12.2 Å². The number of ketones is 2. The molecule has 172 valence electrons. The predicted molar refractivity (Wildman–Crippen MR) is 119 cm³/mol. The summed E-state index contributed by atoms with van der Waals surface area (Å²) in [7, 11) is 1.65. The Morgan fingerprint density at radius 2 is 1.77 bits per heavy atom. The van der Waals surface area contributed by atoms with E-state index in [4.69, 9.17) is 0 Å². The number of carbonyl (C=O) groups is 3. The minimum Gasteiger partial charge on any atom is -0.389 e. The van der Waals surface area contributed by atoms with Crippen molar-refractivity contribution in [2.75, 3.05) is 7.05 Å².